The Kier molecular flexibility index (Phi) is 4.44. The average Bonchev–Trinajstić information content (AvgIpc) is 2.44. The number of ether oxygens (including phenoxy) is 1. The van der Waals surface area contributed by atoms with E-state index in [1.54, 1.807) is 23.1 Å². The Morgan fingerprint density at radius 1 is 1.58 bits per heavy atom. The first-order valence-electron chi connectivity index (χ1n) is 5.71. The average molecular weight is 280 g/mol. The molecule has 8 heteroatoms. The Hall–Kier alpha value is -1.97. The minimum Gasteiger partial charge on any atom is -0.478 e. The number of hydrogen-bond donors (Lipinski definition) is 0. The fourth-order valence-corrected chi connectivity index (χ4v) is 2.08. The second kappa shape index (κ2) is 6.27. The SMILES string of the molecule is [N-]=[N+]=NCCCN1C(=O)COc2c(OP)cccc21. The summed E-state index contributed by atoms with van der Waals surface area (Å²) in [5, 5.41) is 3.45. The molecule has 1 heterocycles. The summed E-state index contributed by atoms with van der Waals surface area (Å²) in [6.45, 7) is 0.824. The predicted molar refractivity (Wildman–Crippen MR) is 73.3 cm³/mol. The van der Waals surface area contributed by atoms with Crippen LogP contribution in [-0.2, 0) is 4.79 Å². The Morgan fingerprint density at radius 3 is 3.16 bits per heavy atom. The molecule has 2 rings (SSSR count). The van der Waals surface area contributed by atoms with E-state index in [0.29, 0.717) is 36.7 Å². The topological polar surface area (TPSA) is 87.5 Å². The molecule has 1 unspecified atom stereocenters. The van der Waals surface area contributed by atoms with Gasteiger partial charge in [0.1, 0.15) is 0 Å². The molecule has 19 heavy (non-hydrogen) atoms. The van der Waals surface area contributed by atoms with Gasteiger partial charge in [-0.15, -0.1) is 0 Å². The van der Waals surface area contributed by atoms with Crippen LogP contribution in [0.5, 0.6) is 11.5 Å². The van der Waals surface area contributed by atoms with E-state index in [2.05, 4.69) is 19.5 Å². The number of benzene rings is 1. The van der Waals surface area contributed by atoms with Crippen molar-refractivity contribution in [2.45, 2.75) is 6.42 Å². The molecule has 0 aliphatic carbocycles. The third kappa shape index (κ3) is 2.89. The number of anilines is 1. The number of carbonyl (C=O) groups excluding carboxylic acids is 1. The lowest BCUT2D eigenvalue weighted by atomic mass is 10.2. The van der Waals surface area contributed by atoms with Crippen LogP contribution in [0.25, 0.3) is 10.4 Å². The monoisotopic (exact) mass is 280 g/mol. The van der Waals surface area contributed by atoms with Crippen molar-refractivity contribution < 1.29 is 14.1 Å². The van der Waals surface area contributed by atoms with Crippen LogP contribution >= 0.6 is 9.47 Å². The lowest BCUT2D eigenvalue weighted by Crippen LogP contribution is -2.39. The van der Waals surface area contributed by atoms with Gasteiger partial charge in [-0.3, -0.25) is 4.79 Å². The van der Waals surface area contributed by atoms with Crippen molar-refractivity contribution in [3.05, 3.63) is 28.6 Å². The van der Waals surface area contributed by atoms with Gasteiger partial charge in [0, 0.05) is 18.0 Å². The van der Waals surface area contributed by atoms with Crippen molar-refractivity contribution in [2.75, 3.05) is 24.6 Å². The van der Waals surface area contributed by atoms with E-state index < -0.39 is 0 Å². The second-order valence-electron chi connectivity index (χ2n) is 3.86. The van der Waals surface area contributed by atoms with Crippen LogP contribution in [-0.4, -0.2) is 25.6 Å². The zero-order chi connectivity index (χ0) is 13.7. The van der Waals surface area contributed by atoms with E-state index in [-0.39, 0.29) is 12.5 Å². The van der Waals surface area contributed by atoms with Crippen molar-refractivity contribution in [3.63, 3.8) is 0 Å². The molecule has 7 nitrogen and oxygen atoms in total. The van der Waals surface area contributed by atoms with Gasteiger partial charge in [0.25, 0.3) is 5.91 Å². The first-order valence-corrected chi connectivity index (χ1v) is 6.19. The predicted octanol–water partition coefficient (Wildman–Crippen LogP) is 2.28. The smallest absolute Gasteiger partial charge is 0.265 e. The van der Waals surface area contributed by atoms with Gasteiger partial charge < -0.3 is 14.2 Å². The van der Waals surface area contributed by atoms with E-state index in [4.69, 9.17) is 14.8 Å². The Bertz CT molecular complexity index is 531. The highest BCUT2D eigenvalue weighted by Gasteiger charge is 2.27. The molecule has 0 saturated heterocycles. The summed E-state index contributed by atoms with van der Waals surface area (Å²) < 4.78 is 10.5. The lowest BCUT2D eigenvalue weighted by molar-refractivity contribution is -0.121. The third-order valence-corrected chi connectivity index (χ3v) is 2.97. The van der Waals surface area contributed by atoms with E-state index in [1.165, 1.54) is 0 Å². The fraction of sp³-hybridized carbons (Fsp3) is 0.364. The molecule has 0 radical (unpaired) electrons. The molecule has 0 bridgehead atoms. The molecule has 1 amide bonds. The van der Waals surface area contributed by atoms with Crippen molar-refractivity contribution in [1.82, 2.24) is 0 Å². The minimum absolute atomic E-state index is 0.0143. The summed E-state index contributed by atoms with van der Waals surface area (Å²) in [4.78, 5) is 16.2. The highest BCUT2D eigenvalue weighted by molar-refractivity contribution is 7.10. The molecular weight excluding hydrogens is 267 g/mol. The summed E-state index contributed by atoms with van der Waals surface area (Å²) in [5.41, 5.74) is 8.90. The van der Waals surface area contributed by atoms with Crippen molar-refractivity contribution in [2.24, 2.45) is 5.11 Å². The summed E-state index contributed by atoms with van der Waals surface area (Å²) in [5.74, 6) is 1.00. The van der Waals surface area contributed by atoms with Gasteiger partial charge in [0.2, 0.25) is 0 Å². The van der Waals surface area contributed by atoms with Crippen LogP contribution in [0.2, 0.25) is 0 Å². The number of para-hydroxylation sites is 1. The minimum atomic E-state index is -0.116. The molecule has 0 aromatic heterocycles. The van der Waals surface area contributed by atoms with Crippen LogP contribution in [0.1, 0.15) is 6.42 Å². The lowest BCUT2D eigenvalue weighted by Gasteiger charge is -2.30. The number of rotatable bonds is 5. The number of azide groups is 1. The second-order valence-corrected chi connectivity index (χ2v) is 4.10. The summed E-state index contributed by atoms with van der Waals surface area (Å²) in [7, 11) is 2.16. The van der Waals surface area contributed by atoms with E-state index >= 15 is 0 Å². The van der Waals surface area contributed by atoms with Gasteiger partial charge in [-0.25, -0.2) is 0 Å². The molecule has 1 aromatic carbocycles. The Labute approximate surface area is 112 Å². The van der Waals surface area contributed by atoms with Gasteiger partial charge in [-0.2, -0.15) is 0 Å². The molecule has 0 saturated carbocycles. The van der Waals surface area contributed by atoms with E-state index in [0.717, 1.165) is 0 Å². The van der Waals surface area contributed by atoms with Gasteiger partial charge in [0.15, 0.2) is 18.1 Å². The zero-order valence-electron chi connectivity index (χ0n) is 10.2. The molecule has 1 atom stereocenters. The van der Waals surface area contributed by atoms with Crippen molar-refractivity contribution in [1.29, 1.82) is 0 Å². The Balaban J connectivity index is 2.20. The van der Waals surface area contributed by atoms with Gasteiger partial charge >= 0.3 is 0 Å². The molecule has 1 aliphatic rings. The third-order valence-electron chi connectivity index (χ3n) is 2.72. The molecule has 0 N–H and O–H groups in total. The molecule has 1 aromatic rings. The number of amides is 1. The normalized spacial score (nSPS) is 13.3. The molecule has 0 spiro atoms. The Morgan fingerprint density at radius 2 is 2.42 bits per heavy atom. The molecule has 100 valence electrons. The highest BCUT2D eigenvalue weighted by atomic mass is 31.0. The van der Waals surface area contributed by atoms with Crippen molar-refractivity contribution >= 4 is 21.1 Å². The molecular formula is C11H13N4O3P. The number of carbonyl (C=O) groups is 1. The number of hydrogen-bond acceptors (Lipinski definition) is 4. The summed E-state index contributed by atoms with van der Waals surface area (Å²) in [6, 6.07) is 5.35. The van der Waals surface area contributed by atoms with Crippen LogP contribution < -0.4 is 14.2 Å². The largest absolute Gasteiger partial charge is 0.478 e. The maximum absolute atomic E-state index is 11.9. The van der Waals surface area contributed by atoms with Gasteiger partial charge in [-0.1, -0.05) is 11.2 Å². The number of fused-ring (bicyclic) bond motifs is 1. The summed E-state index contributed by atoms with van der Waals surface area (Å²) >= 11 is 0. The van der Waals surface area contributed by atoms with E-state index in [9.17, 15) is 4.79 Å². The van der Waals surface area contributed by atoms with Crippen molar-refractivity contribution in [3.8, 4) is 11.5 Å². The number of nitrogens with zero attached hydrogens (tertiary/aromatic N) is 4. The highest BCUT2D eigenvalue weighted by Crippen LogP contribution is 2.40. The maximum Gasteiger partial charge on any atom is 0.265 e. The first kappa shape index (κ1) is 13.5. The van der Waals surface area contributed by atoms with Crippen LogP contribution in [0.3, 0.4) is 0 Å². The molecule has 0 fully saturated rings. The molecule has 1 aliphatic heterocycles. The van der Waals surface area contributed by atoms with E-state index in [1.807, 2.05) is 0 Å². The maximum atomic E-state index is 11.9. The van der Waals surface area contributed by atoms with Crippen LogP contribution in [0.15, 0.2) is 23.3 Å². The van der Waals surface area contributed by atoms with Gasteiger partial charge in [-0.05, 0) is 24.1 Å². The standard InChI is InChI=1S/C11H13N4O3P/c12-14-13-5-2-6-15-8-3-1-4-9(18-19)11(8)17-7-10(15)16/h1,3-4H,2,5-7,19H2. The first-order chi connectivity index (χ1) is 9.27. The van der Waals surface area contributed by atoms with Crippen LogP contribution in [0.4, 0.5) is 5.69 Å². The fourth-order valence-electron chi connectivity index (χ4n) is 1.89. The summed E-state index contributed by atoms with van der Waals surface area (Å²) in [6.07, 6.45) is 0.598. The quantitative estimate of drug-likeness (QED) is 0.272. The zero-order valence-corrected chi connectivity index (χ0v) is 11.3. The van der Waals surface area contributed by atoms with Gasteiger partial charge in [0.05, 0.1) is 15.2 Å². The van der Waals surface area contributed by atoms with Crippen LogP contribution in [0, 0.1) is 0 Å².